The van der Waals surface area contributed by atoms with Crippen LogP contribution in [0.3, 0.4) is 0 Å². The molecule has 1 amide bonds. The molecule has 3 N–H and O–H groups in total. The van der Waals surface area contributed by atoms with Crippen LogP contribution in [-0.4, -0.2) is 16.1 Å². The normalized spacial score (nSPS) is 10.8. The summed E-state index contributed by atoms with van der Waals surface area (Å²) in [6.45, 7) is 0. The number of nitrogens with zero attached hydrogens (tertiary/aromatic N) is 2. The average molecular weight is 306 g/mol. The summed E-state index contributed by atoms with van der Waals surface area (Å²) in [6.07, 6.45) is 1.46. The monoisotopic (exact) mass is 306 g/mol. The number of halogens is 2. The average Bonchev–Trinajstić information content (AvgIpc) is 2.82. The number of carbonyl (C=O) groups excluding carboxylic acids is 1. The maximum atomic E-state index is 13.5. The van der Waals surface area contributed by atoms with Crippen molar-refractivity contribution in [2.75, 3.05) is 11.1 Å². The maximum absolute atomic E-state index is 13.5. The van der Waals surface area contributed by atoms with Gasteiger partial charge in [-0.1, -0.05) is 6.07 Å². The first-order chi connectivity index (χ1) is 10.1. The van der Waals surface area contributed by atoms with E-state index in [-0.39, 0.29) is 16.3 Å². The number of benzene rings is 1. The molecule has 1 aromatic carbocycles. The second-order valence-corrected chi connectivity index (χ2v) is 5.15. The number of nitrogens with two attached hydrogens (primary N) is 1. The van der Waals surface area contributed by atoms with Gasteiger partial charge in [-0.15, -0.1) is 16.4 Å². The van der Waals surface area contributed by atoms with Gasteiger partial charge in [0.25, 0.3) is 5.91 Å². The summed E-state index contributed by atoms with van der Waals surface area (Å²) in [7, 11) is 0. The first kappa shape index (κ1) is 13.4. The van der Waals surface area contributed by atoms with Gasteiger partial charge in [0.05, 0.1) is 17.6 Å². The quantitative estimate of drug-likeness (QED) is 0.763. The molecule has 0 aliphatic rings. The van der Waals surface area contributed by atoms with Crippen LogP contribution in [-0.2, 0) is 0 Å². The van der Waals surface area contributed by atoms with Crippen molar-refractivity contribution in [3.8, 4) is 0 Å². The Morgan fingerprint density at radius 3 is 2.86 bits per heavy atom. The Hall–Kier alpha value is -2.61. The van der Waals surface area contributed by atoms with E-state index in [9.17, 15) is 13.6 Å². The lowest BCUT2D eigenvalue weighted by atomic mass is 10.2. The van der Waals surface area contributed by atoms with Gasteiger partial charge >= 0.3 is 0 Å². The Morgan fingerprint density at radius 1 is 1.29 bits per heavy atom. The van der Waals surface area contributed by atoms with Gasteiger partial charge in [0.15, 0.2) is 11.6 Å². The lowest BCUT2D eigenvalue weighted by Gasteiger charge is -2.05. The predicted molar refractivity (Wildman–Crippen MR) is 76.1 cm³/mol. The number of nitrogen functional groups attached to an aromatic ring is 1. The van der Waals surface area contributed by atoms with Crippen molar-refractivity contribution in [2.24, 2.45) is 0 Å². The summed E-state index contributed by atoms with van der Waals surface area (Å²) >= 11 is 1.03. The highest BCUT2D eigenvalue weighted by molar-refractivity contribution is 7.21. The minimum atomic E-state index is -1.12. The standard InChI is InChI=1S/C13H8F2N4OS/c14-7-2-1-3-8(9(7)15)18-12(20)11-10(16)6-4-5-17-19-13(6)21-11/h1-5H,16H2,(H,18,20). The van der Waals surface area contributed by atoms with Crippen LogP contribution in [0.4, 0.5) is 20.2 Å². The fourth-order valence-electron chi connectivity index (χ4n) is 1.82. The molecule has 0 saturated carbocycles. The van der Waals surface area contributed by atoms with Gasteiger partial charge in [-0.25, -0.2) is 8.78 Å². The molecule has 2 heterocycles. The van der Waals surface area contributed by atoms with Crippen LogP contribution < -0.4 is 11.1 Å². The number of aromatic nitrogens is 2. The lowest BCUT2D eigenvalue weighted by molar-refractivity contribution is 0.103. The van der Waals surface area contributed by atoms with Gasteiger partial charge in [0.2, 0.25) is 0 Å². The minimum absolute atomic E-state index is 0.175. The van der Waals surface area contributed by atoms with Crippen molar-refractivity contribution in [3.05, 3.63) is 47.0 Å². The van der Waals surface area contributed by atoms with Crippen molar-refractivity contribution >= 4 is 38.8 Å². The first-order valence-electron chi connectivity index (χ1n) is 5.83. The number of hydrogen-bond acceptors (Lipinski definition) is 5. The molecule has 3 rings (SSSR count). The molecule has 0 spiro atoms. The van der Waals surface area contributed by atoms with Crippen molar-refractivity contribution in [2.45, 2.75) is 0 Å². The number of amides is 1. The van der Waals surface area contributed by atoms with E-state index in [1.165, 1.54) is 18.3 Å². The van der Waals surface area contributed by atoms with Gasteiger partial charge in [-0.3, -0.25) is 4.79 Å². The van der Waals surface area contributed by atoms with E-state index in [0.29, 0.717) is 10.2 Å². The molecule has 21 heavy (non-hydrogen) atoms. The zero-order valence-corrected chi connectivity index (χ0v) is 11.2. The van der Waals surface area contributed by atoms with Crippen molar-refractivity contribution in [1.82, 2.24) is 10.2 Å². The molecule has 2 aromatic heterocycles. The first-order valence-corrected chi connectivity index (χ1v) is 6.64. The van der Waals surface area contributed by atoms with E-state index in [2.05, 4.69) is 15.5 Å². The third-order valence-electron chi connectivity index (χ3n) is 2.83. The number of thiophene rings is 1. The Balaban J connectivity index is 1.97. The summed E-state index contributed by atoms with van der Waals surface area (Å²) in [4.78, 5) is 12.8. The van der Waals surface area contributed by atoms with Gasteiger partial charge in [0.1, 0.15) is 9.71 Å². The number of anilines is 2. The highest BCUT2D eigenvalue weighted by Gasteiger charge is 2.19. The number of fused-ring (bicyclic) bond motifs is 1. The zero-order chi connectivity index (χ0) is 15.0. The molecule has 5 nitrogen and oxygen atoms in total. The summed E-state index contributed by atoms with van der Waals surface area (Å²) in [5.41, 5.74) is 5.86. The van der Waals surface area contributed by atoms with E-state index in [1.807, 2.05) is 0 Å². The van der Waals surface area contributed by atoms with Crippen LogP contribution in [0.25, 0.3) is 10.2 Å². The van der Waals surface area contributed by atoms with Gasteiger partial charge in [-0.2, -0.15) is 5.10 Å². The predicted octanol–water partition coefficient (Wildman–Crippen LogP) is 2.80. The Labute approximate surface area is 121 Å². The summed E-state index contributed by atoms with van der Waals surface area (Å²) in [6, 6.07) is 5.16. The zero-order valence-electron chi connectivity index (χ0n) is 10.4. The molecule has 0 radical (unpaired) electrons. The Kier molecular flexibility index (Phi) is 3.22. The highest BCUT2D eigenvalue weighted by atomic mass is 32.1. The SMILES string of the molecule is Nc1c(C(=O)Nc2cccc(F)c2F)sc2nnccc12. The largest absolute Gasteiger partial charge is 0.397 e. The molecule has 0 aliphatic heterocycles. The minimum Gasteiger partial charge on any atom is -0.397 e. The third kappa shape index (κ3) is 2.29. The summed E-state index contributed by atoms with van der Waals surface area (Å²) in [5, 5.41) is 10.5. The molecule has 106 valence electrons. The Morgan fingerprint density at radius 2 is 2.10 bits per heavy atom. The number of nitrogens with one attached hydrogen (secondary N) is 1. The molecule has 0 atom stereocenters. The van der Waals surface area contributed by atoms with E-state index in [1.54, 1.807) is 6.07 Å². The second-order valence-electron chi connectivity index (χ2n) is 4.15. The topological polar surface area (TPSA) is 80.9 Å². The van der Waals surface area contributed by atoms with Gasteiger partial charge in [-0.05, 0) is 18.2 Å². The third-order valence-corrected chi connectivity index (χ3v) is 3.93. The Bertz CT molecular complexity index is 849. The van der Waals surface area contributed by atoms with Crippen LogP contribution >= 0.6 is 11.3 Å². The summed E-state index contributed by atoms with van der Waals surface area (Å²) in [5.74, 6) is -2.78. The molecule has 0 fully saturated rings. The molecule has 0 bridgehead atoms. The van der Waals surface area contributed by atoms with Crippen LogP contribution in [0.5, 0.6) is 0 Å². The van der Waals surface area contributed by atoms with Crippen molar-refractivity contribution in [1.29, 1.82) is 0 Å². The molecule has 0 aliphatic carbocycles. The van der Waals surface area contributed by atoms with E-state index < -0.39 is 17.5 Å². The molecular weight excluding hydrogens is 298 g/mol. The fourth-order valence-corrected chi connectivity index (χ4v) is 2.75. The smallest absolute Gasteiger partial charge is 0.268 e. The number of rotatable bonds is 2. The van der Waals surface area contributed by atoms with Gasteiger partial charge in [0, 0.05) is 5.39 Å². The van der Waals surface area contributed by atoms with Crippen molar-refractivity contribution < 1.29 is 13.6 Å². The van der Waals surface area contributed by atoms with Gasteiger partial charge < -0.3 is 11.1 Å². The van der Waals surface area contributed by atoms with E-state index in [4.69, 9.17) is 5.73 Å². The van der Waals surface area contributed by atoms with E-state index >= 15 is 0 Å². The van der Waals surface area contributed by atoms with Crippen LogP contribution in [0.2, 0.25) is 0 Å². The number of carbonyl (C=O) groups is 1. The van der Waals surface area contributed by atoms with Crippen LogP contribution in [0, 0.1) is 11.6 Å². The number of hydrogen-bond donors (Lipinski definition) is 2. The molecular formula is C13H8F2N4OS. The second kappa shape index (κ2) is 5.06. The molecule has 0 unspecified atom stereocenters. The molecule has 3 aromatic rings. The maximum Gasteiger partial charge on any atom is 0.268 e. The molecule has 8 heteroatoms. The fraction of sp³-hybridized carbons (Fsp3) is 0. The molecule has 0 saturated heterocycles. The van der Waals surface area contributed by atoms with E-state index in [0.717, 1.165) is 17.4 Å². The van der Waals surface area contributed by atoms with Crippen molar-refractivity contribution in [3.63, 3.8) is 0 Å². The van der Waals surface area contributed by atoms with Crippen LogP contribution in [0.1, 0.15) is 9.67 Å². The summed E-state index contributed by atoms with van der Waals surface area (Å²) < 4.78 is 26.7. The van der Waals surface area contributed by atoms with Crippen LogP contribution in [0.15, 0.2) is 30.5 Å². The highest BCUT2D eigenvalue weighted by Crippen LogP contribution is 2.32. The lowest BCUT2D eigenvalue weighted by Crippen LogP contribution is -2.13.